The summed E-state index contributed by atoms with van der Waals surface area (Å²) < 4.78 is 27.8. The number of hydrogen-bond acceptors (Lipinski definition) is 10. The Balaban J connectivity index is 0.00000613. The molecule has 3 aromatic heterocycles. The van der Waals surface area contributed by atoms with E-state index >= 15 is 0 Å². The first-order chi connectivity index (χ1) is 40.8. The fourth-order valence-corrected chi connectivity index (χ4v) is 11.7. The number of aromatic nitrogens is 8. The van der Waals surface area contributed by atoms with Gasteiger partial charge in [0, 0.05) is 55.3 Å². The Morgan fingerprint density at radius 1 is 0.341 bits per heavy atom. The molecule has 16 rings (SSSR count). The molecule has 3 aliphatic rings. The number of hydrogen-bond donors (Lipinski definition) is 0. The van der Waals surface area contributed by atoms with Gasteiger partial charge < -0.3 is 48.2 Å². The predicted octanol–water partition coefficient (Wildman–Crippen LogP) is 18.4. The molecule has 3 aliphatic heterocycles. The molecule has 8 bridgehead atoms. The van der Waals surface area contributed by atoms with Gasteiger partial charge in [0.15, 0.2) is 0 Å². The smallest absolute Gasteiger partial charge is 0.457 e. The maximum atomic E-state index is 7.30. The number of rotatable bonds is 4. The summed E-state index contributed by atoms with van der Waals surface area (Å²) in [7, 11) is 0. The van der Waals surface area contributed by atoms with Crippen LogP contribution in [0.5, 0.6) is 23.0 Å². The summed E-state index contributed by atoms with van der Waals surface area (Å²) >= 11 is 0. The minimum atomic E-state index is -0.0141. The van der Waals surface area contributed by atoms with Gasteiger partial charge in [-0.1, -0.05) is 151 Å². The molecule has 12 nitrogen and oxygen atoms in total. The Hall–Kier alpha value is -10.1. The van der Waals surface area contributed by atoms with E-state index in [9.17, 15) is 0 Å². The van der Waals surface area contributed by atoms with E-state index in [1.165, 1.54) is 11.1 Å². The van der Waals surface area contributed by atoms with E-state index < -0.39 is 0 Å². The zero-order chi connectivity index (χ0) is 56.6. The van der Waals surface area contributed by atoms with E-state index in [0.717, 1.165) is 43.3 Å². The summed E-state index contributed by atoms with van der Waals surface area (Å²) in [5.41, 5.74) is 8.58. The van der Waals surface area contributed by atoms with Crippen molar-refractivity contribution in [1.82, 2.24) is 39.9 Å². The molecule has 6 heterocycles. The molecule has 0 unspecified atom stereocenters. The number of benzene rings is 10. The minimum absolute atomic E-state index is 0. The van der Waals surface area contributed by atoms with E-state index in [4.69, 9.17) is 58.2 Å². The van der Waals surface area contributed by atoms with E-state index in [1.54, 1.807) is 0 Å². The zero-order valence-corrected chi connectivity index (χ0v) is 50.4. The molecule has 0 spiro atoms. The van der Waals surface area contributed by atoms with Crippen molar-refractivity contribution in [2.45, 2.75) is 52.4 Å². The third kappa shape index (κ3) is 8.84. The molecule has 13 heteroatoms. The molecule has 10 aromatic carbocycles. The van der Waals surface area contributed by atoms with Crippen molar-refractivity contribution in [3.63, 3.8) is 0 Å². The average Bonchev–Trinajstić information content (AvgIpc) is 2.07. The molecule has 85 heavy (non-hydrogen) atoms. The van der Waals surface area contributed by atoms with E-state index in [0.29, 0.717) is 124 Å². The van der Waals surface area contributed by atoms with Gasteiger partial charge in [-0.25, -0.2) is 9.97 Å². The second-order valence-corrected chi connectivity index (χ2v) is 23.5. The molecule has 404 valence electrons. The van der Waals surface area contributed by atoms with Crippen LogP contribution >= 0.6 is 0 Å². The summed E-state index contributed by atoms with van der Waals surface area (Å²) in [6.07, 6.45) is 0. The molecule has 13 aromatic rings. The summed E-state index contributed by atoms with van der Waals surface area (Å²) in [4.78, 5) is 42.5. The van der Waals surface area contributed by atoms with Crippen molar-refractivity contribution >= 4 is 110 Å². The van der Waals surface area contributed by atoms with Crippen LogP contribution < -0.4 is 19.4 Å². The Morgan fingerprint density at radius 3 is 1.48 bits per heavy atom. The first-order valence-electron chi connectivity index (χ1n) is 28.0. The molecule has 0 atom stereocenters. The quantitative estimate of drug-likeness (QED) is 0.154. The molecule has 0 radical (unpaired) electrons. The SMILES string of the molecule is CC(C)(C)c1ccc(Oc2ccc3c(c2)-c2nc-3nc3[n-]c4nc5nc(nc6[n-]c(n2)c2cc(Oc7ccc(C(C)(C)C)cc7)ccc62)c2cccc(oc6ccc7ccccc7c6c6c(ccc7ccccc76)oc6cccc3c46)c2-5)cc1.[Zn+2]. The van der Waals surface area contributed by atoms with Gasteiger partial charge in [0.05, 0.1) is 28.7 Å². The van der Waals surface area contributed by atoms with Crippen LogP contribution in [-0.2, 0) is 30.3 Å². The second-order valence-electron chi connectivity index (χ2n) is 23.5. The summed E-state index contributed by atoms with van der Waals surface area (Å²) in [6.45, 7) is 13.2. The van der Waals surface area contributed by atoms with E-state index in [-0.39, 0.29) is 30.3 Å². The topological polar surface area (TPSA) is 150 Å². The van der Waals surface area contributed by atoms with Crippen LogP contribution in [0.1, 0.15) is 52.7 Å². The van der Waals surface area contributed by atoms with Gasteiger partial charge in [-0.15, -0.1) is 0 Å². The molecular formula is C72H50N8O4Zn. The third-order valence-corrected chi connectivity index (χ3v) is 16.0. The summed E-state index contributed by atoms with van der Waals surface area (Å²) in [5, 5.41) is 9.24. The van der Waals surface area contributed by atoms with Crippen molar-refractivity contribution < 1.29 is 37.8 Å². The van der Waals surface area contributed by atoms with Crippen molar-refractivity contribution in [2.75, 3.05) is 0 Å². The van der Waals surface area contributed by atoms with Crippen molar-refractivity contribution in [3.05, 3.63) is 205 Å². The van der Waals surface area contributed by atoms with Crippen LogP contribution in [0.2, 0.25) is 0 Å². The third-order valence-electron chi connectivity index (χ3n) is 16.0. The van der Waals surface area contributed by atoms with Crippen LogP contribution in [0, 0.1) is 0 Å². The molecule has 0 amide bonds. The van der Waals surface area contributed by atoms with Crippen molar-refractivity contribution in [2.24, 2.45) is 0 Å². The summed E-state index contributed by atoms with van der Waals surface area (Å²) in [6, 6.07) is 64.8. The van der Waals surface area contributed by atoms with Crippen LogP contribution in [0.15, 0.2) is 203 Å². The normalized spacial score (nSPS) is 12.3. The van der Waals surface area contributed by atoms with Gasteiger partial charge in [-0.2, -0.15) is 0 Å². The minimum Gasteiger partial charge on any atom is -0.457 e. The van der Waals surface area contributed by atoms with Gasteiger partial charge in [0.2, 0.25) is 0 Å². The largest absolute Gasteiger partial charge is 2.00 e. The van der Waals surface area contributed by atoms with Gasteiger partial charge in [-0.05, 0) is 145 Å². The maximum absolute atomic E-state index is 7.30. The van der Waals surface area contributed by atoms with Gasteiger partial charge in [0.1, 0.15) is 45.3 Å². The predicted molar refractivity (Wildman–Crippen MR) is 335 cm³/mol. The zero-order valence-electron chi connectivity index (χ0n) is 47.4. The van der Waals surface area contributed by atoms with Crippen LogP contribution in [0.4, 0.5) is 0 Å². The first-order valence-corrected chi connectivity index (χ1v) is 28.0. The fourth-order valence-electron chi connectivity index (χ4n) is 11.7. The first kappa shape index (κ1) is 51.8. The Labute approximate surface area is 499 Å². The number of ether oxygens (including phenoxy) is 2. The Morgan fingerprint density at radius 2 is 0.835 bits per heavy atom. The van der Waals surface area contributed by atoms with Crippen LogP contribution in [0.3, 0.4) is 0 Å². The fraction of sp³-hybridized carbons (Fsp3) is 0.111. The van der Waals surface area contributed by atoms with Crippen molar-refractivity contribution in [1.29, 1.82) is 0 Å². The van der Waals surface area contributed by atoms with Gasteiger partial charge in [0.25, 0.3) is 0 Å². The standard InChI is InChI=1S/C72H50N8O4.Zn/c1-71(2,3)41-23-27-43(28-24-41)81-45-31-33-49-53(37-45)67-75-63(49)73-65-51-17-11-19-55-61(51)69(78-65)80-70-62-52(66(79-70)74-64-50-34-32-46(38-54(50)68(76-64)77-67)82-44-29-25-42(26-30-44)72(4,5)6)18-12-20-56(62)84-58-36-22-40-14-8-10-16-48(40)60(58)59-47-15-9-7-13-39(47)21-35-57(59)83-55;/h7-38H,1-6H3;/q-2;+2. The van der Waals surface area contributed by atoms with Crippen molar-refractivity contribution in [3.8, 4) is 57.2 Å². The Bertz CT molecular complexity index is 5420. The monoisotopic (exact) mass is 1150 g/mol. The molecule has 0 aliphatic carbocycles. The second kappa shape index (κ2) is 19.5. The summed E-state index contributed by atoms with van der Waals surface area (Å²) in [5.74, 6) is 3.69. The Kier molecular flexibility index (Phi) is 11.9. The molecule has 0 saturated carbocycles. The molecule has 0 fully saturated rings. The number of fused-ring (bicyclic) bond motifs is 21. The molecular weight excluding hydrogens is 1110 g/mol. The van der Waals surface area contributed by atoms with Gasteiger partial charge in [-0.3, -0.25) is 0 Å². The van der Waals surface area contributed by atoms with E-state index in [2.05, 4.69) is 126 Å². The van der Waals surface area contributed by atoms with E-state index in [1.807, 2.05) is 109 Å². The maximum Gasteiger partial charge on any atom is 2.00 e. The van der Waals surface area contributed by atoms with Crippen LogP contribution in [0.25, 0.3) is 144 Å². The average molecular weight is 1160 g/mol. The molecule has 0 N–H and O–H groups in total. The number of nitrogens with zero attached hydrogens (tertiary/aromatic N) is 8. The molecule has 0 saturated heterocycles. The van der Waals surface area contributed by atoms with Crippen LogP contribution in [-0.4, -0.2) is 29.9 Å². The van der Waals surface area contributed by atoms with Gasteiger partial charge >= 0.3 is 19.5 Å².